The van der Waals surface area contributed by atoms with Crippen molar-refractivity contribution in [2.75, 3.05) is 17.7 Å². The number of nitrogens with zero attached hydrogens (tertiary/aromatic N) is 2. The summed E-state index contributed by atoms with van der Waals surface area (Å²) in [6.45, 7) is 4.93. The van der Waals surface area contributed by atoms with Crippen LogP contribution in [-0.4, -0.2) is 22.4 Å². The van der Waals surface area contributed by atoms with Crippen molar-refractivity contribution in [3.63, 3.8) is 0 Å². The van der Waals surface area contributed by atoms with Crippen molar-refractivity contribution in [2.45, 2.75) is 33.1 Å². The number of halogens is 1. The molecule has 0 spiro atoms. The van der Waals surface area contributed by atoms with Crippen LogP contribution in [0.4, 0.5) is 5.95 Å². The Hall–Kier alpha value is -0.830. The topological polar surface area (TPSA) is 37.8 Å². The number of aryl methyl sites for hydroxylation is 2. The van der Waals surface area contributed by atoms with Crippen LogP contribution in [0.1, 0.15) is 30.7 Å². The predicted molar refractivity (Wildman–Crippen MR) is 67.0 cm³/mol. The third kappa shape index (κ3) is 2.85. The van der Waals surface area contributed by atoms with E-state index in [2.05, 4.69) is 15.3 Å². The Morgan fingerprint density at radius 3 is 2.44 bits per heavy atom. The van der Waals surface area contributed by atoms with Crippen molar-refractivity contribution < 1.29 is 0 Å². The van der Waals surface area contributed by atoms with Gasteiger partial charge in [0.15, 0.2) is 0 Å². The van der Waals surface area contributed by atoms with Crippen LogP contribution in [0.25, 0.3) is 0 Å². The van der Waals surface area contributed by atoms with Gasteiger partial charge in [-0.3, -0.25) is 0 Å². The van der Waals surface area contributed by atoms with Crippen molar-refractivity contribution >= 4 is 17.5 Å². The quantitative estimate of drug-likeness (QED) is 0.803. The van der Waals surface area contributed by atoms with Crippen molar-refractivity contribution in [2.24, 2.45) is 5.41 Å². The van der Waals surface area contributed by atoms with Gasteiger partial charge in [-0.1, -0.05) is 0 Å². The average molecular weight is 240 g/mol. The van der Waals surface area contributed by atoms with Gasteiger partial charge >= 0.3 is 0 Å². The largest absolute Gasteiger partial charge is 0.354 e. The summed E-state index contributed by atoms with van der Waals surface area (Å²) in [7, 11) is 0. The second kappa shape index (κ2) is 4.58. The van der Waals surface area contributed by atoms with Gasteiger partial charge in [0.1, 0.15) is 0 Å². The molecule has 3 nitrogen and oxygen atoms in total. The number of aromatic nitrogens is 2. The SMILES string of the molecule is Cc1cc(C)nc(NCC2(CCCl)CC2)n1. The van der Waals surface area contributed by atoms with Crippen LogP contribution >= 0.6 is 11.6 Å². The Bertz CT molecular complexity index is 354. The van der Waals surface area contributed by atoms with Gasteiger partial charge in [-0.15, -0.1) is 11.6 Å². The molecule has 0 aliphatic heterocycles. The summed E-state index contributed by atoms with van der Waals surface area (Å²) < 4.78 is 0. The smallest absolute Gasteiger partial charge is 0.223 e. The lowest BCUT2D eigenvalue weighted by molar-refractivity contribution is 0.523. The van der Waals surface area contributed by atoms with Crippen LogP contribution in [0.5, 0.6) is 0 Å². The third-order valence-corrected chi connectivity index (χ3v) is 3.37. The van der Waals surface area contributed by atoms with Gasteiger partial charge in [-0.05, 0) is 44.6 Å². The molecule has 0 bridgehead atoms. The van der Waals surface area contributed by atoms with Crippen molar-refractivity contribution in [3.05, 3.63) is 17.5 Å². The second-order valence-electron chi connectivity index (χ2n) is 4.77. The highest BCUT2D eigenvalue weighted by molar-refractivity contribution is 6.17. The summed E-state index contributed by atoms with van der Waals surface area (Å²) in [6, 6.07) is 1.98. The Balaban J connectivity index is 1.94. The van der Waals surface area contributed by atoms with Gasteiger partial charge in [0, 0.05) is 23.8 Å². The summed E-state index contributed by atoms with van der Waals surface area (Å²) >= 11 is 5.80. The molecule has 1 aromatic rings. The van der Waals surface area contributed by atoms with Crippen molar-refractivity contribution in [3.8, 4) is 0 Å². The molecule has 1 fully saturated rings. The van der Waals surface area contributed by atoms with Crippen LogP contribution in [0, 0.1) is 19.3 Å². The molecule has 1 heterocycles. The molecule has 0 radical (unpaired) electrons. The van der Waals surface area contributed by atoms with E-state index >= 15 is 0 Å². The van der Waals surface area contributed by atoms with Crippen LogP contribution in [-0.2, 0) is 0 Å². The lowest BCUT2D eigenvalue weighted by Gasteiger charge is -2.14. The Labute approximate surface area is 102 Å². The Morgan fingerprint density at radius 2 is 1.94 bits per heavy atom. The first-order valence-corrected chi connectivity index (χ1v) is 6.29. The highest BCUT2D eigenvalue weighted by Gasteiger charge is 2.41. The van der Waals surface area contributed by atoms with E-state index in [9.17, 15) is 0 Å². The highest BCUT2D eigenvalue weighted by Crippen LogP contribution is 2.48. The summed E-state index contributed by atoms with van der Waals surface area (Å²) in [6.07, 6.45) is 3.64. The van der Waals surface area contributed by atoms with E-state index in [0.29, 0.717) is 5.41 Å². The molecule has 1 aromatic heterocycles. The minimum absolute atomic E-state index is 0.419. The maximum atomic E-state index is 5.80. The molecule has 1 aliphatic carbocycles. The standard InChI is InChI=1S/C12H18ClN3/c1-9-7-10(2)16-11(15-9)14-8-12(3-4-12)5-6-13/h7H,3-6,8H2,1-2H3,(H,14,15,16). The zero-order chi connectivity index (χ0) is 11.6. The summed E-state index contributed by atoms with van der Waals surface area (Å²) in [4.78, 5) is 8.74. The first-order chi connectivity index (χ1) is 7.63. The molecule has 0 saturated heterocycles. The summed E-state index contributed by atoms with van der Waals surface area (Å²) in [5, 5.41) is 3.33. The van der Waals surface area contributed by atoms with E-state index in [4.69, 9.17) is 11.6 Å². The van der Waals surface area contributed by atoms with Gasteiger partial charge in [0.25, 0.3) is 0 Å². The first kappa shape index (κ1) is 11.6. The minimum Gasteiger partial charge on any atom is -0.354 e. The van der Waals surface area contributed by atoms with Gasteiger partial charge in [-0.2, -0.15) is 0 Å². The van der Waals surface area contributed by atoms with Crippen molar-refractivity contribution in [1.29, 1.82) is 0 Å². The number of alkyl halides is 1. The number of rotatable bonds is 5. The Morgan fingerprint density at radius 1 is 1.31 bits per heavy atom. The third-order valence-electron chi connectivity index (χ3n) is 3.19. The van der Waals surface area contributed by atoms with Crippen molar-refractivity contribution in [1.82, 2.24) is 9.97 Å². The predicted octanol–water partition coefficient (Wildman–Crippen LogP) is 2.91. The fraction of sp³-hybridized carbons (Fsp3) is 0.667. The Kier molecular flexibility index (Phi) is 3.33. The molecule has 0 amide bonds. The van der Waals surface area contributed by atoms with E-state index in [0.717, 1.165) is 36.2 Å². The maximum absolute atomic E-state index is 5.80. The summed E-state index contributed by atoms with van der Waals surface area (Å²) in [5.41, 5.74) is 2.44. The van der Waals surface area contributed by atoms with E-state index < -0.39 is 0 Å². The molecule has 1 N–H and O–H groups in total. The normalized spacial score (nSPS) is 17.2. The number of hydrogen-bond donors (Lipinski definition) is 1. The zero-order valence-corrected chi connectivity index (χ0v) is 10.6. The molecule has 4 heteroatoms. The average Bonchev–Trinajstić information content (AvgIpc) is 2.95. The van der Waals surface area contributed by atoms with E-state index in [1.807, 2.05) is 19.9 Å². The van der Waals surface area contributed by atoms with Crippen LogP contribution in [0.3, 0.4) is 0 Å². The minimum atomic E-state index is 0.419. The molecular weight excluding hydrogens is 222 g/mol. The molecule has 2 rings (SSSR count). The number of hydrogen-bond acceptors (Lipinski definition) is 3. The zero-order valence-electron chi connectivity index (χ0n) is 9.89. The van der Waals surface area contributed by atoms with E-state index in [1.54, 1.807) is 0 Å². The fourth-order valence-electron chi connectivity index (χ4n) is 1.96. The molecular formula is C12H18ClN3. The molecule has 0 atom stereocenters. The first-order valence-electron chi connectivity index (χ1n) is 5.76. The van der Waals surface area contributed by atoms with Crippen LogP contribution < -0.4 is 5.32 Å². The number of anilines is 1. The van der Waals surface area contributed by atoms with Gasteiger partial charge in [0.2, 0.25) is 5.95 Å². The van der Waals surface area contributed by atoms with Gasteiger partial charge in [-0.25, -0.2) is 9.97 Å². The molecule has 0 aromatic carbocycles. The monoisotopic (exact) mass is 239 g/mol. The lowest BCUT2D eigenvalue weighted by atomic mass is 10.0. The van der Waals surface area contributed by atoms with E-state index in [-0.39, 0.29) is 0 Å². The van der Waals surface area contributed by atoms with Crippen LogP contribution in [0.15, 0.2) is 6.07 Å². The van der Waals surface area contributed by atoms with Crippen LogP contribution in [0.2, 0.25) is 0 Å². The van der Waals surface area contributed by atoms with Gasteiger partial charge in [0.05, 0.1) is 0 Å². The highest BCUT2D eigenvalue weighted by atomic mass is 35.5. The molecule has 1 saturated carbocycles. The molecule has 16 heavy (non-hydrogen) atoms. The van der Waals surface area contributed by atoms with Gasteiger partial charge < -0.3 is 5.32 Å². The van der Waals surface area contributed by atoms with E-state index in [1.165, 1.54) is 12.8 Å². The fourth-order valence-corrected chi connectivity index (χ4v) is 2.36. The molecule has 88 valence electrons. The second-order valence-corrected chi connectivity index (χ2v) is 5.14. The number of nitrogens with one attached hydrogen (secondary N) is 1. The maximum Gasteiger partial charge on any atom is 0.223 e. The molecule has 1 aliphatic rings. The summed E-state index contributed by atoms with van der Waals surface area (Å²) in [5.74, 6) is 1.49. The molecule has 0 unspecified atom stereocenters. The lowest BCUT2D eigenvalue weighted by Crippen LogP contribution is -2.17.